The third-order valence-electron chi connectivity index (χ3n) is 4.70. The van der Waals surface area contributed by atoms with Crippen molar-refractivity contribution in [2.45, 2.75) is 10.9 Å². The zero-order valence-corrected chi connectivity index (χ0v) is 16.5. The Morgan fingerprint density at radius 3 is 2.07 bits per heavy atom. The zero-order valence-electron chi connectivity index (χ0n) is 15.6. The van der Waals surface area contributed by atoms with Gasteiger partial charge in [-0.05, 0) is 47.5 Å². The second-order valence-electron chi connectivity index (χ2n) is 6.74. The first kappa shape index (κ1) is 19.0. The van der Waals surface area contributed by atoms with Gasteiger partial charge in [-0.2, -0.15) is 0 Å². The molecule has 1 heterocycles. The molecule has 5 nitrogen and oxygen atoms in total. The van der Waals surface area contributed by atoms with Crippen molar-refractivity contribution >= 4 is 21.8 Å². The van der Waals surface area contributed by atoms with E-state index >= 15 is 0 Å². The maximum absolute atomic E-state index is 11.6. The Bertz CT molecular complexity index is 1140. The lowest BCUT2D eigenvalue weighted by Crippen LogP contribution is -2.34. The Morgan fingerprint density at radius 1 is 0.828 bits per heavy atom. The number of nitrogens with one attached hydrogen (secondary N) is 1. The molecular formula is C23H21N3O2S. The summed E-state index contributed by atoms with van der Waals surface area (Å²) >= 11 is 0. The second-order valence-corrected chi connectivity index (χ2v) is 8.30. The summed E-state index contributed by atoms with van der Waals surface area (Å²) in [7, 11) is -3.72. The van der Waals surface area contributed by atoms with Crippen LogP contribution in [-0.2, 0) is 10.0 Å². The molecule has 0 aliphatic carbocycles. The molecule has 0 unspecified atom stereocenters. The highest BCUT2D eigenvalue weighted by molar-refractivity contribution is 7.89. The Balaban J connectivity index is 1.65. The highest BCUT2D eigenvalue weighted by Crippen LogP contribution is 2.32. The summed E-state index contributed by atoms with van der Waals surface area (Å²) in [6, 6.07) is 26.7. The fourth-order valence-corrected chi connectivity index (χ4v) is 3.77. The summed E-state index contributed by atoms with van der Waals surface area (Å²) in [5.41, 5.74) is 7.44. The molecule has 0 aromatic heterocycles. The Kier molecular flexibility index (Phi) is 5.20. The van der Waals surface area contributed by atoms with Crippen LogP contribution in [0.25, 0.3) is 6.08 Å². The number of hydrogen-bond acceptors (Lipinski definition) is 4. The van der Waals surface area contributed by atoms with Crippen LogP contribution >= 0.6 is 0 Å². The monoisotopic (exact) mass is 403 g/mol. The Labute approximate surface area is 170 Å². The molecule has 0 spiro atoms. The van der Waals surface area contributed by atoms with E-state index in [9.17, 15) is 8.42 Å². The quantitative estimate of drug-likeness (QED) is 0.675. The van der Waals surface area contributed by atoms with Gasteiger partial charge in [0.15, 0.2) is 0 Å². The van der Waals surface area contributed by atoms with Crippen molar-refractivity contribution < 1.29 is 8.42 Å². The van der Waals surface area contributed by atoms with Gasteiger partial charge in [-0.15, -0.1) is 0 Å². The van der Waals surface area contributed by atoms with E-state index in [-0.39, 0.29) is 10.9 Å². The van der Waals surface area contributed by atoms with Crippen LogP contribution in [0.3, 0.4) is 0 Å². The van der Waals surface area contributed by atoms with E-state index < -0.39 is 10.0 Å². The summed E-state index contributed by atoms with van der Waals surface area (Å²) < 4.78 is 23.1. The number of nitrogens with two attached hydrogens (primary N) is 1. The van der Waals surface area contributed by atoms with Crippen LogP contribution in [0.15, 0.2) is 108 Å². The molecule has 1 aliphatic rings. The van der Waals surface area contributed by atoms with E-state index in [0.717, 1.165) is 22.5 Å². The number of hydrazine groups is 1. The molecular weight excluding hydrogens is 382 g/mol. The highest BCUT2D eigenvalue weighted by Gasteiger charge is 2.25. The van der Waals surface area contributed by atoms with Gasteiger partial charge in [-0.1, -0.05) is 66.7 Å². The van der Waals surface area contributed by atoms with E-state index in [4.69, 9.17) is 5.14 Å². The topological polar surface area (TPSA) is 75.4 Å². The molecule has 3 aromatic carbocycles. The van der Waals surface area contributed by atoms with Crippen molar-refractivity contribution in [3.8, 4) is 0 Å². The number of allylic oxidation sites excluding steroid dienone is 1. The predicted octanol–water partition coefficient (Wildman–Crippen LogP) is 4.00. The molecule has 1 aliphatic heterocycles. The molecule has 29 heavy (non-hydrogen) atoms. The fourth-order valence-electron chi connectivity index (χ4n) is 3.25. The fraction of sp³-hybridized carbons (Fsp3) is 0.0435. The maximum Gasteiger partial charge on any atom is 0.238 e. The molecule has 0 radical (unpaired) electrons. The van der Waals surface area contributed by atoms with Crippen LogP contribution in [0.5, 0.6) is 0 Å². The van der Waals surface area contributed by atoms with E-state index in [2.05, 4.69) is 29.7 Å². The summed E-state index contributed by atoms with van der Waals surface area (Å²) in [6.07, 6.45) is 6.22. The van der Waals surface area contributed by atoms with Gasteiger partial charge in [0.1, 0.15) is 0 Å². The molecule has 0 fully saturated rings. The molecule has 1 atom stereocenters. The van der Waals surface area contributed by atoms with Crippen LogP contribution in [0.1, 0.15) is 17.2 Å². The molecule has 0 bridgehead atoms. The Hall–Kier alpha value is -3.35. The van der Waals surface area contributed by atoms with Crippen LogP contribution in [0, 0.1) is 0 Å². The third kappa shape index (κ3) is 4.39. The number of nitrogens with zero attached hydrogens (tertiary/aromatic N) is 1. The smallest absolute Gasteiger partial charge is 0.238 e. The van der Waals surface area contributed by atoms with Crippen molar-refractivity contribution in [2.24, 2.45) is 5.14 Å². The van der Waals surface area contributed by atoms with Gasteiger partial charge in [0, 0.05) is 0 Å². The number of rotatable bonds is 5. The number of benzene rings is 3. The molecule has 6 heteroatoms. The number of primary sulfonamides is 1. The summed E-state index contributed by atoms with van der Waals surface area (Å²) in [4.78, 5) is 0.0915. The van der Waals surface area contributed by atoms with Crippen molar-refractivity contribution in [1.82, 2.24) is 5.43 Å². The lowest BCUT2D eigenvalue weighted by Gasteiger charge is -2.27. The first-order chi connectivity index (χ1) is 14.0. The summed E-state index contributed by atoms with van der Waals surface area (Å²) in [5, 5.41) is 7.23. The maximum atomic E-state index is 11.6. The summed E-state index contributed by atoms with van der Waals surface area (Å²) in [5.74, 6) is 0. The van der Waals surface area contributed by atoms with Crippen LogP contribution in [-0.4, -0.2) is 8.42 Å². The van der Waals surface area contributed by atoms with E-state index in [0.29, 0.717) is 0 Å². The third-order valence-corrected chi connectivity index (χ3v) is 5.63. The largest absolute Gasteiger partial charge is 0.298 e. The molecule has 3 N–H and O–H groups in total. The van der Waals surface area contributed by atoms with Crippen LogP contribution in [0.2, 0.25) is 0 Å². The summed E-state index contributed by atoms with van der Waals surface area (Å²) in [6.45, 7) is 0. The van der Waals surface area contributed by atoms with Gasteiger partial charge in [0.05, 0.1) is 22.3 Å². The standard InChI is InChI=1S/C23H21N3O2S/c24-29(27,28)22-15-13-21(14-16-22)26-23(19-9-5-2-6-10-19)17-20(25-26)12-11-18-7-3-1-4-8-18/h1-17,23,25H,(H2,24,27,28)/b12-11+/t23-/m1/s1. The van der Waals surface area contributed by atoms with Crippen molar-refractivity contribution in [1.29, 1.82) is 0 Å². The first-order valence-corrected chi connectivity index (χ1v) is 10.7. The minimum Gasteiger partial charge on any atom is -0.298 e. The van der Waals surface area contributed by atoms with E-state index in [1.165, 1.54) is 12.1 Å². The van der Waals surface area contributed by atoms with E-state index in [1.807, 2.05) is 59.6 Å². The Morgan fingerprint density at radius 2 is 1.45 bits per heavy atom. The van der Waals surface area contributed by atoms with Crippen molar-refractivity contribution in [2.75, 3.05) is 5.01 Å². The van der Waals surface area contributed by atoms with Crippen molar-refractivity contribution in [3.63, 3.8) is 0 Å². The van der Waals surface area contributed by atoms with Crippen molar-refractivity contribution in [3.05, 3.63) is 114 Å². The average molecular weight is 404 g/mol. The number of anilines is 1. The normalized spacial score (nSPS) is 16.7. The minimum absolute atomic E-state index is 0.0352. The first-order valence-electron chi connectivity index (χ1n) is 9.19. The lowest BCUT2D eigenvalue weighted by atomic mass is 10.1. The number of sulfonamides is 1. The molecule has 146 valence electrons. The second kappa shape index (κ2) is 7.95. The SMILES string of the molecule is NS(=O)(=O)c1ccc(N2NC(/C=C/c3ccccc3)=C[C@@H]2c2ccccc2)cc1. The van der Waals surface area contributed by atoms with Crippen LogP contribution in [0.4, 0.5) is 5.69 Å². The van der Waals surface area contributed by atoms with Gasteiger partial charge in [-0.3, -0.25) is 10.4 Å². The number of hydrogen-bond donors (Lipinski definition) is 2. The molecule has 4 rings (SSSR count). The average Bonchev–Trinajstić information content (AvgIpc) is 3.17. The molecule has 0 saturated carbocycles. The van der Waals surface area contributed by atoms with Gasteiger partial charge >= 0.3 is 0 Å². The van der Waals surface area contributed by atoms with Crippen LogP contribution < -0.4 is 15.6 Å². The molecule has 3 aromatic rings. The minimum atomic E-state index is -3.72. The highest BCUT2D eigenvalue weighted by atomic mass is 32.2. The molecule has 0 saturated heterocycles. The van der Waals surface area contributed by atoms with Gasteiger partial charge in [-0.25, -0.2) is 13.6 Å². The predicted molar refractivity (Wildman–Crippen MR) is 116 cm³/mol. The van der Waals surface area contributed by atoms with Gasteiger partial charge in [0.2, 0.25) is 10.0 Å². The van der Waals surface area contributed by atoms with Gasteiger partial charge in [0.25, 0.3) is 0 Å². The molecule has 0 amide bonds. The van der Waals surface area contributed by atoms with Gasteiger partial charge < -0.3 is 0 Å². The zero-order chi connectivity index (χ0) is 20.3. The lowest BCUT2D eigenvalue weighted by molar-refractivity contribution is 0.597. The van der Waals surface area contributed by atoms with E-state index in [1.54, 1.807) is 12.1 Å².